The summed E-state index contributed by atoms with van der Waals surface area (Å²) in [6.07, 6.45) is 4.85. The van der Waals surface area contributed by atoms with Crippen LogP contribution in [-0.4, -0.2) is 71.1 Å². The van der Waals surface area contributed by atoms with E-state index in [1.54, 1.807) is 30.8 Å². The molecule has 0 spiro atoms. The molecule has 0 saturated carbocycles. The van der Waals surface area contributed by atoms with Crippen LogP contribution in [0.2, 0.25) is 0 Å². The number of hydrogen-bond donors (Lipinski definition) is 1. The van der Waals surface area contributed by atoms with Gasteiger partial charge in [-0.25, -0.2) is 4.98 Å². The number of rotatable bonds is 5. The van der Waals surface area contributed by atoms with E-state index in [1.165, 1.54) is 11.3 Å². The number of carbonyl (C=O) groups excluding carboxylic acids is 1. The van der Waals surface area contributed by atoms with E-state index in [1.807, 2.05) is 12.1 Å². The molecule has 5 rings (SSSR count). The predicted molar refractivity (Wildman–Crippen MR) is 113 cm³/mol. The third-order valence-electron chi connectivity index (χ3n) is 5.50. The van der Waals surface area contributed by atoms with Gasteiger partial charge in [-0.05, 0) is 24.3 Å². The van der Waals surface area contributed by atoms with Crippen molar-refractivity contribution < 1.29 is 13.9 Å². The average Bonchev–Trinajstić information content (AvgIpc) is 3.44. The maximum Gasteiger partial charge on any atom is 0.257 e. The molecular formula is C21H23N5O3S. The van der Waals surface area contributed by atoms with E-state index < -0.39 is 0 Å². The van der Waals surface area contributed by atoms with E-state index >= 15 is 0 Å². The van der Waals surface area contributed by atoms with E-state index in [0.717, 1.165) is 56.5 Å². The molecule has 2 aliphatic heterocycles. The molecule has 1 amide bonds. The van der Waals surface area contributed by atoms with E-state index in [4.69, 9.17) is 9.15 Å². The van der Waals surface area contributed by atoms with Crippen molar-refractivity contribution >= 4 is 22.4 Å². The average molecular weight is 426 g/mol. The molecule has 2 aliphatic rings. The van der Waals surface area contributed by atoms with Crippen molar-refractivity contribution in [2.24, 2.45) is 0 Å². The maximum absolute atomic E-state index is 12.5. The zero-order valence-corrected chi connectivity index (χ0v) is 17.3. The second-order valence-electron chi connectivity index (χ2n) is 7.46. The highest BCUT2D eigenvalue weighted by Gasteiger charge is 2.30. The van der Waals surface area contributed by atoms with Crippen LogP contribution in [0.4, 0.5) is 5.13 Å². The van der Waals surface area contributed by atoms with Gasteiger partial charge in [0, 0.05) is 56.7 Å². The van der Waals surface area contributed by atoms with Crippen molar-refractivity contribution in [3.05, 3.63) is 53.4 Å². The summed E-state index contributed by atoms with van der Waals surface area (Å²) in [6.45, 7) is 6.42. The van der Waals surface area contributed by atoms with Crippen LogP contribution in [-0.2, 0) is 11.3 Å². The molecule has 1 N–H and O–H groups in total. The van der Waals surface area contributed by atoms with Crippen LogP contribution in [0, 0.1) is 0 Å². The number of furan rings is 1. The van der Waals surface area contributed by atoms with E-state index in [9.17, 15) is 4.79 Å². The van der Waals surface area contributed by atoms with E-state index in [0.29, 0.717) is 22.5 Å². The lowest BCUT2D eigenvalue weighted by Crippen LogP contribution is -2.57. The van der Waals surface area contributed by atoms with Crippen LogP contribution in [0.1, 0.15) is 15.2 Å². The minimum atomic E-state index is -0.198. The predicted octanol–water partition coefficient (Wildman–Crippen LogP) is 2.57. The van der Waals surface area contributed by atoms with Gasteiger partial charge in [0.1, 0.15) is 5.69 Å². The fourth-order valence-electron chi connectivity index (χ4n) is 3.95. The topological polar surface area (TPSA) is 83.7 Å². The Hall–Kier alpha value is -2.59. The highest BCUT2D eigenvalue weighted by Crippen LogP contribution is 2.33. The number of hydrogen-bond acceptors (Lipinski definition) is 8. The van der Waals surface area contributed by atoms with Crippen molar-refractivity contribution in [2.45, 2.75) is 12.6 Å². The third-order valence-corrected chi connectivity index (χ3v) is 6.46. The number of nitrogens with zero attached hydrogens (tertiary/aromatic N) is 4. The number of pyridine rings is 1. The van der Waals surface area contributed by atoms with Gasteiger partial charge in [0.25, 0.3) is 5.91 Å². The minimum Gasteiger partial charge on any atom is -0.463 e. The minimum absolute atomic E-state index is 0.198. The van der Waals surface area contributed by atoms with Crippen LogP contribution >= 0.6 is 11.3 Å². The Morgan fingerprint density at radius 3 is 2.97 bits per heavy atom. The van der Waals surface area contributed by atoms with Gasteiger partial charge in [0.05, 0.1) is 24.4 Å². The lowest BCUT2D eigenvalue weighted by molar-refractivity contribution is -0.0459. The number of piperazine rings is 1. The summed E-state index contributed by atoms with van der Waals surface area (Å²) in [5.41, 5.74) is 1.34. The summed E-state index contributed by atoms with van der Waals surface area (Å²) in [6, 6.07) is 7.57. The molecule has 1 atom stereocenters. The number of fused-ring (bicyclic) bond motifs is 1. The fourth-order valence-corrected chi connectivity index (χ4v) is 4.95. The van der Waals surface area contributed by atoms with E-state index in [-0.39, 0.29) is 5.91 Å². The summed E-state index contributed by atoms with van der Waals surface area (Å²) in [5.74, 6) is 0.516. The lowest BCUT2D eigenvalue weighted by atomic mass is 10.1. The largest absolute Gasteiger partial charge is 0.463 e. The molecule has 0 aliphatic carbocycles. The van der Waals surface area contributed by atoms with Gasteiger partial charge in [-0.1, -0.05) is 11.3 Å². The zero-order valence-electron chi connectivity index (χ0n) is 16.5. The quantitative estimate of drug-likeness (QED) is 0.673. The number of ether oxygens (including phenoxy) is 1. The van der Waals surface area contributed by atoms with E-state index in [2.05, 4.69) is 25.1 Å². The normalized spacial score (nSPS) is 20.1. The molecule has 0 aromatic carbocycles. The standard InChI is InChI=1S/C21H23N5O3S/c27-20(15-3-5-22-6-4-15)24-21-23-19(17-2-1-10-29-17)18(30-21)13-25-7-8-26-9-11-28-14-16(26)12-25/h1-6,10,16H,7-9,11-14H2,(H,23,24,27). The monoisotopic (exact) mass is 425 g/mol. The summed E-state index contributed by atoms with van der Waals surface area (Å²) < 4.78 is 11.3. The SMILES string of the molecule is O=C(Nc1nc(-c2ccco2)c(CN2CCN3CCOCC3C2)s1)c1ccncc1. The summed E-state index contributed by atoms with van der Waals surface area (Å²) in [5, 5.41) is 3.48. The number of morpholine rings is 1. The molecule has 30 heavy (non-hydrogen) atoms. The molecule has 3 aromatic rings. The molecule has 8 nitrogen and oxygen atoms in total. The van der Waals surface area contributed by atoms with Gasteiger partial charge in [-0.3, -0.25) is 24.9 Å². The Balaban J connectivity index is 1.35. The van der Waals surface area contributed by atoms with Crippen molar-refractivity contribution in [1.82, 2.24) is 19.8 Å². The molecule has 5 heterocycles. The summed E-state index contributed by atoms with van der Waals surface area (Å²) >= 11 is 1.50. The molecule has 156 valence electrons. The zero-order chi connectivity index (χ0) is 20.3. The van der Waals surface area contributed by atoms with Gasteiger partial charge in [-0.2, -0.15) is 0 Å². The van der Waals surface area contributed by atoms with Crippen molar-refractivity contribution in [1.29, 1.82) is 0 Å². The Kier molecular flexibility index (Phi) is 5.58. The Morgan fingerprint density at radius 1 is 1.23 bits per heavy atom. The molecule has 2 saturated heterocycles. The maximum atomic E-state index is 12.5. The molecule has 3 aromatic heterocycles. The first-order valence-electron chi connectivity index (χ1n) is 10.1. The Labute approximate surface area is 178 Å². The van der Waals surface area contributed by atoms with Gasteiger partial charge >= 0.3 is 0 Å². The Bertz CT molecular complexity index is 992. The van der Waals surface area contributed by atoms with Gasteiger partial charge < -0.3 is 9.15 Å². The lowest BCUT2D eigenvalue weighted by Gasteiger charge is -2.43. The summed E-state index contributed by atoms with van der Waals surface area (Å²) in [4.78, 5) is 27.2. The Morgan fingerprint density at radius 2 is 2.13 bits per heavy atom. The smallest absolute Gasteiger partial charge is 0.257 e. The van der Waals surface area contributed by atoms with Gasteiger partial charge in [0.2, 0.25) is 0 Å². The van der Waals surface area contributed by atoms with Crippen molar-refractivity contribution in [3.63, 3.8) is 0 Å². The molecule has 9 heteroatoms. The molecular weight excluding hydrogens is 402 g/mol. The number of anilines is 1. The molecule has 2 fully saturated rings. The van der Waals surface area contributed by atoms with Gasteiger partial charge in [0.15, 0.2) is 10.9 Å². The van der Waals surface area contributed by atoms with Crippen LogP contribution in [0.3, 0.4) is 0 Å². The molecule has 0 bridgehead atoms. The highest BCUT2D eigenvalue weighted by atomic mass is 32.1. The second-order valence-corrected chi connectivity index (χ2v) is 8.54. The number of amides is 1. The van der Waals surface area contributed by atoms with Crippen LogP contribution < -0.4 is 5.32 Å². The van der Waals surface area contributed by atoms with Gasteiger partial charge in [-0.15, -0.1) is 0 Å². The van der Waals surface area contributed by atoms with Crippen LogP contribution in [0.25, 0.3) is 11.5 Å². The highest BCUT2D eigenvalue weighted by molar-refractivity contribution is 7.16. The number of thiazole rings is 1. The summed E-state index contributed by atoms with van der Waals surface area (Å²) in [7, 11) is 0. The fraction of sp³-hybridized carbons (Fsp3) is 0.381. The van der Waals surface area contributed by atoms with Crippen LogP contribution in [0.5, 0.6) is 0 Å². The third kappa shape index (κ3) is 4.15. The first kappa shape index (κ1) is 19.4. The number of aromatic nitrogens is 2. The number of nitrogens with one attached hydrogen (secondary N) is 1. The molecule has 0 radical (unpaired) electrons. The number of carbonyl (C=O) groups is 1. The van der Waals surface area contributed by atoms with Crippen molar-refractivity contribution in [2.75, 3.05) is 44.7 Å². The van der Waals surface area contributed by atoms with Crippen molar-refractivity contribution in [3.8, 4) is 11.5 Å². The van der Waals surface area contributed by atoms with Crippen LogP contribution in [0.15, 0.2) is 47.3 Å². The first-order valence-corrected chi connectivity index (χ1v) is 10.9. The first-order chi connectivity index (χ1) is 14.8. The molecule has 1 unspecified atom stereocenters. The second kappa shape index (κ2) is 8.65.